The molecule has 2 aliphatic rings. The number of benzene rings is 1. The van der Waals surface area contributed by atoms with Crippen LogP contribution in [0.25, 0.3) is 0 Å². The lowest BCUT2D eigenvalue weighted by Crippen LogP contribution is -2.46. The highest BCUT2D eigenvalue weighted by molar-refractivity contribution is 5.48. The Morgan fingerprint density at radius 1 is 1.04 bits per heavy atom. The third kappa shape index (κ3) is 3.89. The molecule has 3 rings (SSSR count). The Hall–Kier alpha value is -1.06. The van der Waals surface area contributed by atoms with Crippen LogP contribution in [0.1, 0.15) is 51.1 Å². The molecular formula is C20H33N3. The summed E-state index contributed by atoms with van der Waals surface area (Å²) in [5.41, 5.74) is 2.90. The van der Waals surface area contributed by atoms with Crippen molar-refractivity contribution in [2.45, 2.75) is 45.6 Å². The van der Waals surface area contributed by atoms with E-state index in [0.29, 0.717) is 6.04 Å². The SMILES string of the molecule is CCN(CC)c1ccc([C@@H](C2CCCC2)N2CCNCC2)cc1. The van der Waals surface area contributed by atoms with Crippen LogP contribution in [0, 0.1) is 5.92 Å². The van der Waals surface area contributed by atoms with Crippen LogP contribution >= 0.6 is 0 Å². The van der Waals surface area contributed by atoms with Gasteiger partial charge in [0.1, 0.15) is 0 Å². The smallest absolute Gasteiger partial charge is 0.0377 e. The maximum absolute atomic E-state index is 3.50. The summed E-state index contributed by atoms with van der Waals surface area (Å²) in [6, 6.07) is 10.1. The van der Waals surface area contributed by atoms with Gasteiger partial charge in [-0.25, -0.2) is 0 Å². The molecule has 0 aromatic heterocycles. The molecule has 1 saturated heterocycles. The number of nitrogens with zero attached hydrogens (tertiary/aromatic N) is 2. The zero-order valence-corrected chi connectivity index (χ0v) is 14.9. The number of anilines is 1. The van der Waals surface area contributed by atoms with E-state index >= 15 is 0 Å². The number of hydrogen-bond acceptors (Lipinski definition) is 3. The van der Waals surface area contributed by atoms with Crippen LogP contribution in [0.2, 0.25) is 0 Å². The van der Waals surface area contributed by atoms with E-state index in [0.717, 1.165) is 32.1 Å². The van der Waals surface area contributed by atoms with Crippen molar-refractivity contribution < 1.29 is 0 Å². The van der Waals surface area contributed by atoms with E-state index in [1.807, 2.05) is 0 Å². The van der Waals surface area contributed by atoms with Crippen molar-refractivity contribution in [1.82, 2.24) is 10.2 Å². The van der Waals surface area contributed by atoms with Crippen LogP contribution in [0.15, 0.2) is 24.3 Å². The first kappa shape index (κ1) is 16.8. The van der Waals surface area contributed by atoms with Crippen LogP contribution in [0.3, 0.4) is 0 Å². The second-order valence-corrected chi connectivity index (χ2v) is 7.04. The fourth-order valence-electron chi connectivity index (χ4n) is 4.49. The van der Waals surface area contributed by atoms with Gasteiger partial charge in [-0.05, 0) is 50.3 Å². The van der Waals surface area contributed by atoms with E-state index in [4.69, 9.17) is 0 Å². The fraction of sp³-hybridized carbons (Fsp3) is 0.700. The maximum atomic E-state index is 3.50. The summed E-state index contributed by atoms with van der Waals surface area (Å²) in [6.07, 6.45) is 5.66. The third-order valence-electron chi connectivity index (χ3n) is 5.75. The van der Waals surface area contributed by atoms with Crippen LogP contribution in [0.5, 0.6) is 0 Å². The Morgan fingerprint density at radius 2 is 1.65 bits per heavy atom. The minimum Gasteiger partial charge on any atom is -0.372 e. The highest BCUT2D eigenvalue weighted by Crippen LogP contribution is 2.40. The van der Waals surface area contributed by atoms with Gasteiger partial charge in [0.15, 0.2) is 0 Å². The molecule has 0 bridgehead atoms. The average Bonchev–Trinajstić information content (AvgIpc) is 3.13. The highest BCUT2D eigenvalue weighted by Gasteiger charge is 2.31. The van der Waals surface area contributed by atoms with E-state index < -0.39 is 0 Å². The first-order chi connectivity index (χ1) is 11.3. The zero-order valence-electron chi connectivity index (χ0n) is 14.9. The molecule has 0 radical (unpaired) electrons. The van der Waals surface area contributed by atoms with E-state index in [2.05, 4.69) is 53.2 Å². The van der Waals surface area contributed by atoms with E-state index in [-0.39, 0.29) is 0 Å². The zero-order chi connectivity index (χ0) is 16.1. The van der Waals surface area contributed by atoms with Crippen molar-refractivity contribution in [2.75, 3.05) is 44.2 Å². The van der Waals surface area contributed by atoms with E-state index in [1.54, 1.807) is 0 Å². The predicted molar refractivity (Wildman–Crippen MR) is 99.1 cm³/mol. The third-order valence-corrected chi connectivity index (χ3v) is 5.75. The molecule has 1 heterocycles. The Kier molecular flexibility index (Phi) is 5.96. The minimum atomic E-state index is 0.630. The number of piperazine rings is 1. The molecule has 1 N–H and O–H groups in total. The standard InChI is InChI=1S/C20H33N3/c1-3-22(4-2)19-11-9-18(10-12-19)20(17-7-5-6-8-17)23-15-13-21-14-16-23/h9-12,17,20-21H,3-8,13-16H2,1-2H3/t20-/m1/s1. The molecule has 128 valence electrons. The second kappa shape index (κ2) is 8.16. The van der Waals surface area contributed by atoms with Crippen LogP contribution in [-0.2, 0) is 0 Å². The molecule has 0 amide bonds. The summed E-state index contributed by atoms with van der Waals surface area (Å²) in [5, 5.41) is 3.50. The molecular weight excluding hydrogens is 282 g/mol. The molecule has 0 spiro atoms. The van der Waals surface area contributed by atoms with Crippen molar-refractivity contribution in [2.24, 2.45) is 5.92 Å². The van der Waals surface area contributed by atoms with Gasteiger partial charge >= 0.3 is 0 Å². The lowest BCUT2D eigenvalue weighted by Gasteiger charge is -2.39. The lowest BCUT2D eigenvalue weighted by atomic mass is 9.89. The molecule has 3 nitrogen and oxygen atoms in total. The summed E-state index contributed by atoms with van der Waals surface area (Å²) in [6.45, 7) is 11.3. The summed E-state index contributed by atoms with van der Waals surface area (Å²) >= 11 is 0. The molecule has 3 heteroatoms. The first-order valence-corrected chi connectivity index (χ1v) is 9.63. The molecule has 1 aliphatic carbocycles. The summed E-state index contributed by atoms with van der Waals surface area (Å²) < 4.78 is 0. The van der Waals surface area contributed by atoms with Gasteiger partial charge in [-0.2, -0.15) is 0 Å². The summed E-state index contributed by atoms with van der Waals surface area (Å²) in [4.78, 5) is 5.16. The molecule has 23 heavy (non-hydrogen) atoms. The Bertz CT molecular complexity index is 454. The Balaban J connectivity index is 1.80. The van der Waals surface area contributed by atoms with E-state index in [1.165, 1.54) is 50.0 Å². The fourth-order valence-corrected chi connectivity index (χ4v) is 4.49. The van der Waals surface area contributed by atoms with Gasteiger partial charge in [-0.15, -0.1) is 0 Å². The van der Waals surface area contributed by atoms with Crippen LogP contribution in [0.4, 0.5) is 5.69 Å². The number of hydrogen-bond donors (Lipinski definition) is 1. The molecule has 2 fully saturated rings. The largest absolute Gasteiger partial charge is 0.372 e. The van der Waals surface area contributed by atoms with Gasteiger partial charge < -0.3 is 10.2 Å². The first-order valence-electron chi connectivity index (χ1n) is 9.63. The topological polar surface area (TPSA) is 18.5 Å². The number of nitrogens with one attached hydrogen (secondary N) is 1. The van der Waals surface area contributed by atoms with Gasteiger partial charge in [0.2, 0.25) is 0 Å². The van der Waals surface area contributed by atoms with Crippen molar-refractivity contribution >= 4 is 5.69 Å². The van der Waals surface area contributed by atoms with Crippen molar-refractivity contribution in [1.29, 1.82) is 0 Å². The van der Waals surface area contributed by atoms with Crippen LogP contribution < -0.4 is 10.2 Å². The Labute approximate surface area is 142 Å². The molecule has 1 aromatic carbocycles. The Morgan fingerprint density at radius 3 is 2.22 bits per heavy atom. The quantitative estimate of drug-likeness (QED) is 0.864. The molecule has 1 aromatic rings. The van der Waals surface area contributed by atoms with Gasteiger partial charge in [0.25, 0.3) is 0 Å². The van der Waals surface area contributed by atoms with Crippen molar-refractivity contribution in [3.63, 3.8) is 0 Å². The monoisotopic (exact) mass is 315 g/mol. The molecule has 1 saturated carbocycles. The summed E-state index contributed by atoms with van der Waals surface area (Å²) in [5.74, 6) is 0.854. The molecule has 0 unspecified atom stereocenters. The van der Waals surface area contributed by atoms with E-state index in [9.17, 15) is 0 Å². The molecule has 1 aliphatic heterocycles. The van der Waals surface area contributed by atoms with Crippen molar-refractivity contribution in [3.05, 3.63) is 29.8 Å². The normalized spacial score (nSPS) is 21.5. The summed E-state index contributed by atoms with van der Waals surface area (Å²) in [7, 11) is 0. The van der Waals surface area contributed by atoms with Gasteiger partial charge in [0.05, 0.1) is 0 Å². The van der Waals surface area contributed by atoms with Crippen molar-refractivity contribution in [3.8, 4) is 0 Å². The minimum absolute atomic E-state index is 0.630. The number of rotatable bonds is 6. The molecule has 1 atom stereocenters. The van der Waals surface area contributed by atoms with Gasteiger partial charge in [-0.3, -0.25) is 4.90 Å². The maximum Gasteiger partial charge on any atom is 0.0377 e. The van der Waals surface area contributed by atoms with Gasteiger partial charge in [-0.1, -0.05) is 25.0 Å². The second-order valence-electron chi connectivity index (χ2n) is 7.04. The highest BCUT2D eigenvalue weighted by atomic mass is 15.2. The van der Waals surface area contributed by atoms with Crippen LogP contribution in [-0.4, -0.2) is 44.2 Å². The predicted octanol–water partition coefficient (Wildman–Crippen LogP) is 3.67. The van der Waals surface area contributed by atoms with Gasteiger partial charge in [0, 0.05) is 51.0 Å². The lowest BCUT2D eigenvalue weighted by molar-refractivity contribution is 0.125. The average molecular weight is 316 g/mol.